The fourth-order valence-corrected chi connectivity index (χ4v) is 4.52. The van der Waals surface area contributed by atoms with Crippen molar-refractivity contribution in [3.8, 4) is 0 Å². The van der Waals surface area contributed by atoms with Gasteiger partial charge in [0.15, 0.2) is 5.82 Å². The van der Waals surface area contributed by atoms with E-state index in [-0.39, 0.29) is 11.8 Å². The third kappa shape index (κ3) is 1.95. The maximum atomic E-state index is 12.2. The summed E-state index contributed by atoms with van der Waals surface area (Å²) in [7, 11) is 0. The first-order chi connectivity index (χ1) is 10.6. The molecule has 7 heteroatoms. The average Bonchev–Trinajstić information content (AvgIpc) is 2.98. The number of rotatable bonds is 1. The van der Waals surface area contributed by atoms with Gasteiger partial charge in [0.1, 0.15) is 15.9 Å². The number of carbonyl (C=O) groups is 1. The number of carbonyl (C=O) groups excluding carboxylic acids is 1. The zero-order chi connectivity index (χ0) is 15.4. The normalized spacial score (nSPS) is 28.4. The number of hydrogen-bond donors (Lipinski definition) is 1. The molecule has 2 N–H and O–H groups in total. The van der Waals surface area contributed by atoms with Crippen molar-refractivity contribution in [3.63, 3.8) is 0 Å². The highest BCUT2D eigenvalue weighted by Crippen LogP contribution is 2.39. The van der Waals surface area contributed by atoms with Gasteiger partial charge in [-0.25, -0.2) is 9.97 Å². The molecule has 4 heterocycles. The molecule has 0 saturated carbocycles. The molecular weight excluding hydrogens is 346 g/mol. The second kappa shape index (κ2) is 4.94. The number of hydrogen-bond acceptors (Lipinski definition) is 4. The van der Waals surface area contributed by atoms with E-state index in [9.17, 15) is 4.79 Å². The lowest BCUT2D eigenvalue weighted by molar-refractivity contribution is -0.130. The lowest BCUT2D eigenvalue weighted by Gasteiger charge is -2.36. The summed E-state index contributed by atoms with van der Waals surface area (Å²) >= 11 is 3.48. The third-order valence-corrected chi connectivity index (χ3v) is 5.59. The van der Waals surface area contributed by atoms with Gasteiger partial charge in [-0.15, -0.1) is 0 Å². The van der Waals surface area contributed by atoms with E-state index >= 15 is 0 Å². The molecule has 22 heavy (non-hydrogen) atoms. The van der Waals surface area contributed by atoms with Crippen molar-refractivity contribution in [1.82, 2.24) is 19.3 Å². The van der Waals surface area contributed by atoms with Crippen LogP contribution in [0.2, 0.25) is 0 Å². The van der Waals surface area contributed by atoms with E-state index in [1.54, 1.807) is 6.20 Å². The summed E-state index contributed by atoms with van der Waals surface area (Å²) in [5.41, 5.74) is 6.77. The Bertz CT molecular complexity index is 758. The van der Waals surface area contributed by atoms with E-state index in [2.05, 4.69) is 37.7 Å². The molecule has 2 aliphatic rings. The van der Waals surface area contributed by atoms with Crippen molar-refractivity contribution < 1.29 is 4.79 Å². The van der Waals surface area contributed by atoms with Crippen molar-refractivity contribution in [1.29, 1.82) is 0 Å². The second-order valence-electron chi connectivity index (χ2n) is 6.36. The van der Waals surface area contributed by atoms with Crippen molar-refractivity contribution in [2.45, 2.75) is 38.1 Å². The van der Waals surface area contributed by atoms with E-state index in [4.69, 9.17) is 5.73 Å². The molecular formula is C15H18BrN5O. The molecule has 2 saturated heterocycles. The molecule has 1 unspecified atom stereocenters. The number of anilines is 1. The topological polar surface area (TPSA) is 76.5 Å². The zero-order valence-corrected chi connectivity index (χ0v) is 14.0. The highest BCUT2D eigenvalue weighted by Gasteiger charge is 2.42. The first kappa shape index (κ1) is 14.0. The van der Waals surface area contributed by atoms with Crippen LogP contribution in [0.5, 0.6) is 0 Å². The molecule has 0 radical (unpaired) electrons. The summed E-state index contributed by atoms with van der Waals surface area (Å²) in [4.78, 5) is 23.0. The van der Waals surface area contributed by atoms with Gasteiger partial charge in [0, 0.05) is 37.3 Å². The van der Waals surface area contributed by atoms with Gasteiger partial charge in [0.05, 0.1) is 0 Å². The van der Waals surface area contributed by atoms with Gasteiger partial charge in [-0.3, -0.25) is 9.20 Å². The third-order valence-electron chi connectivity index (χ3n) is 5.04. The number of halogens is 1. The molecule has 6 nitrogen and oxygen atoms in total. The van der Waals surface area contributed by atoms with E-state index in [0.717, 1.165) is 35.3 Å². The molecule has 2 aliphatic heterocycles. The van der Waals surface area contributed by atoms with Gasteiger partial charge in [0.25, 0.3) is 0 Å². The fraction of sp³-hybridized carbons (Fsp3) is 0.533. The minimum Gasteiger partial charge on any atom is -0.382 e. The summed E-state index contributed by atoms with van der Waals surface area (Å²) in [6, 6.07) is 0.408. The number of imidazole rings is 1. The van der Waals surface area contributed by atoms with Crippen LogP contribution in [-0.4, -0.2) is 37.8 Å². The van der Waals surface area contributed by atoms with Crippen LogP contribution in [0.3, 0.4) is 0 Å². The number of nitrogens with two attached hydrogens (primary N) is 1. The number of nitrogen functional groups attached to an aromatic ring is 1. The highest BCUT2D eigenvalue weighted by molar-refractivity contribution is 9.10. The Balaban J connectivity index is 1.72. The molecule has 0 bridgehead atoms. The van der Waals surface area contributed by atoms with E-state index in [0.29, 0.717) is 24.2 Å². The van der Waals surface area contributed by atoms with Crippen LogP contribution in [0.1, 0.15) is 37.9 Å². The summed E-state index contributed by atoms with van der Waals surface area (Å²) in [6.45, 7) is 2.93. The zero-order valence-electron chi connectivity index (χ0n) is 12.4. The van der Waals surface area contributed by atoms with Crippen molar-refractivity contribution in [2.24, 2.45) is 5.92 Å². The molecule has 116 valence electrons. The van der Waals surface area contributed by atoms with E-state index < -0.39 is 0 Å². The van der Waals surface area contributed by atoms with Crippen LogP contribution < -0.4 is 5.73 Å². The van der Waals surface area contributed by atoms with Gasteiger partial charge >= 0.3 is 0 Å². The van der Waals surface area contributed by atoms with Gasteiger partial charge in [-0.2, -0.15) is 0 Å². The summed E-state index contributed by atoms with van der Waals surface area (Å²) in [5, 5.41) is 0. The van der Waals surface area contributed by atoms with Gasteiger partial charge in [-0.1, -0.05) is 6.92 Å². The van der Waals surface area contributed by atoms with Crippen LogP contribution >= 0.6 is 15.9 Å². The van der Waals surface area contributed by atoms with Crippen LogP contribution in [0.25, 0.3) is 5.52 Å². The van der Waals surface area contributed by atoms with Crippen molar-refractivity contribution in [3.05, 3.63) is 22.8 Å². The Morgan fingerprint density at radius 1 is 1.41 bits per heavy atom. The summed E-state index contributed by atoms with van der Waals surface area (Å²) in [5.74, 6) is 2.42. The predicted molar refractivity (Wildman–Crippen MR) is 86.4 cm³/mol. The lowest BCUT2D eigenvalue weighted by Crippen LogP contribution is -2.42. The van der Waals surface area contributed by atoms with Gasteiger partial charge < -0.3 is 10.6 Å². The minimum atomic E-state index is 0.242. The predicted octanol–water partition coefficient (Wildman–Crippen LogP) is 2.19. The van der Waals surface area contributed by atoms with Crippen LogP contribution in [0.15, 0.2) is 17.0 Å². The summed E-state index contributed by atoms with van der Waals surface area (Å²) in [6.07, 6.45) is 6.35. The van der Waals surface area contributed by atoms with E-state index in [1.165, 1.54) is 0 Å². The lowest BCUT2D eigenvalue weighted by atomic mass is 9.89. The Morgan fingerprint density at radius 2 is 2.23 bits per heavy atom. The maximum Gasteiger partial charge on any atom is 0.223 e. The maximum absolute atomic E-state index is 12.2. The van der Waals surface area contributed by atoms with Gasteiger partial charge in [0.2, 0.25) is 5.91 Å². The smallest absolute Gasteiger partial charge is 0.223 e. The summed E-state index contributed by atoms with van der Waals surface area (Å²) < 4.78 is 2.72. The quantitative estimate of drug-likeness (QED) is 0.842. The average molecular weight is 364 g/mol. The fourth-order valence-electron chi connectivity index (χ4n) is 3.94. The van der Waals surface area contributed by atoms with E-state index in [1.807, 2.05) is 10.6 Å². The SMILES string of the molecule is CC1CC(=O)N2C[C@H](c3nc(Br)c4c(N)nccn34)CC[C@@H]12. The largest absolute Gasteiger partial charge is 0.382 e. The Hall–Kier alpha value is -1.63. The molecule has 1 amide bonds. The molecule has 2 aromatic rings. The first-order valence-corrected chi connectivity index (χ1v) is 8.43. The Kier molecular flexibility index (Phi) is 3.14. The standard InChI is InChI=1S/C15H18BrN5O/c1-8-6-11(22)21-7-9(2-3-10(8)21)15-19-13(16)12-14(17)18-4-5-20(12)15/h4-5,8-10H,2-3,6-7H2,1H3,(H2,17,18)/t8?,9-,10+/m1/s1. The molecule has 2 fully saturated rings. The number of nitrogens with zero attached hydrogens (tertiary/aromatic N) is 4. The molecule has 0 aliphatic carbocycles. The second-order valence-corrected chi connectivity index (χ2v) is 7.11. The first-order valence-electron chi connectivity index (χ1n) is 7.63. The van der Waals surface area contributed by atoms with Crippen molar-refractivity contribution >= 4 is 33.2 Å². The molecule has 4 rings (SSSR count). The Labute approximate surface area is 136 Å². The van der Waals surface area contributed by atoms with Gasteiger partial charge in [-0.05, 0) is 34.7 Å². The number of aromatic nitrogens is 3. The number of fused-ring (bicyclic) bond motifs is 2. The van der Waals surface area contributed by atoms with Crippen LogP contribution in [0, 0.1) is 5.92 Å². The number of amides is 1. The minimum absolute atomic E-state index is 0.242. The molecule has 2 aromatic heterocycles. The highest BCUT2D eigenvalue weighted by atomic mass is 79.9. The van der Waals surface area contributed by atoms with Crippen LogP contribution in [0.4, 0.5) is 5.82 Å². The van der Waals surface area contributed by atoms with Crippen LogP contribution in [-0.2, 0) is 4.79 Å². The Morgan fingerprint density at radius 3 is 3.05 bits per heavy atom. The van der Waals surface area contributed by atoms with Crippen molar-refractivity contribution in [2.75, 3.05) is 12.3 Å². The molecule has 0 spiro atoms. The monoisotopic (exact) mass is 363 g/mol. The molecule has 3 atom stereocenters. The number of piperidine rings is 1. The molecule has 0 aromatic carbocycles.